The normalized spacial score (nSPS) is 11.8. The van der Waals surface area contributed by atoms with Crippen molar-refractivity contribution in [1.29, 1.82) is 0 Å². The molecule has 0 atom stereocenters. The number of hydrogen-bond acceptors (Lipinski definition) is 3. The van der Waals surface area contributed by atoms with Crippen LogP contribution in [0.2, 0.25) is 0 Å². The number of aliphatic hydroxyl groups excluding tert-OH is 1. The van der Waals surface area contributed by atoms with Crippen molar-refractivity contribution in [2.24, 2.45) is 0 Å². The molecule has 0 unspecified atom stereocenters. The lowest BCUT2D eigenvalue weighted by Gasteiger charge is -2.07. The Morgan fingerprint density at radius 3 is 2.55 bits per heavy atom. The Hall–Kier alpha value is -2.10. The van der Waals surface area contributed by atoms with Gasteiger partial charge in [0.2, 0.25) is 0 Å². The standard InChI is InChI=1S/C17H14O2S/c18-9-7-16(15-8-11-20-12-15)13-3-5-14(6-4-13)17-2-1-10-19-17/h1-8,10-12,18H,9H2/b16-7+. The van der Waals surface area contributed by atoms with Crippen molar-refractivity contribution in [2.45, 2.75) is 0 Å². The summed E-state index contributed by atoms with van der Waals surface area (Å²) in [4.78, 5) is 0. The second kappa shape index (κ2) is 5.90. The van der Waals surface area contributed by atoms with Crippen molar-refractivity contribution in [3.63, 3.8) is 0 Å². The van der Waals surface area contributed by atoms with Gasteiger partial charge in [0.25, 0.3) is 0 Å². The summed E-state index contributed by atoms with van der Waals surface area (Å²) in [5, 5.41) is 13.3. The van der Waals surface area contributed by atoms with Crippen LogP contribution in [0.1, 0.15) is 11.1 Å². The molecule has 0 fully saturated rings. The molecule has 0 saturated carbocycles. The molecule has 0 aliphatic rings. The molecule has 2 heterocycles. The average Bonchev–Trinajstić information content (AvgIpc) is 3.18. The first-order valence-corrected chi connectivity index (χ1v) is 7.30. The van der Waals surface area contributed by atoms with Gasteiger partial charge in [-0.25, -0.2) is 0 Å². The van der Waals surface area contributed by atoms with Crippen molar-refractivity contribution in [2.75, 3.05) is 6.61 Å². The Morgan fingerprint density at radius 2 is 1.95 bits per heavy atom. The van der Waals surface area contributed by atoms with E-state index in [4.69, 9.17) is 4.42 Å². The molecule has 3 rings (SSSR count). The number of rotatable bonds is 4. The molecule has 1 N–H and O–H groups in total. The monoisotopic (exact) mass is 282 g/mol. The van der Waals surface area contributed by atoms with Gasteiger partial charge in [-0.1, -0.05) is 30.3 Å². The zero-order valence-corrected chi connectivity index (χ0v) is 11.6. The highest BCUT2D eigenvalue weighted by Gasteiger charge is 2.06. The molecule has 0 amide bonds. The molecular formula is C17H14O2S. The molecule has 100 valence electrons. The van der Waals surface area contributed by atoms with Crippen molar-refractivity contribution in [1.82, 2.24) is 0 Å². The molecule has 0 saturated heterocycles. The molecule has 20 heavy (non-hydrogen) atoms. The lowest BCUT2D eigenvalue weighted by Crippen LogP contribution is -1.88. The molecule has 0 spiro atoms. The third kappa shape index (κ3) is 2.59. The fourth-order valence-electron chi connectivity index (χ4n) is 2.17. The first-order valence-electron chi connectivity index (χ1n) is 6.36. The van der Waals surface area contributed by atoms with Crippen molar-refractivity contribution in [3.8, 4) is 11.3 Å². The Morgan fingerprint density at radius 1 is 1.10 bits per heavy atom. The number of aliphatic hydroxyl groups is 1. The number of benzene rings is 1. The van der Waals surface area contributed by atoms with E-state index < -0.39 is 0 Å². The SMILES string of the molecule is OC/C=C(\c1ccc(-c2ccco2)cc1)c1ccsc1. The molecule has 0 aliphatic heterocycles. The van der Waals surface area contributed by atoms with Gasteiger partial charge in [-0.3, -0.25) is 0 Å². The van der Waals surface area contributed by atoms with E-state index in [-0.39, 0.29) is 6.61 Å². The zero-order chi connectivity index (χ0) is 13.8. The summed E-state index contributed by atoms with van der Waals surface area (Å²) in [6, 6.07) is 14.1. The largest absolute Gasteiger partial charge is 0.464 e. The second-order valence-electron chi connectivity index (χ2n) is 4.37. The van der Waals surface area contributed by atoms with Crippen LogP contribution in [0.25, 0.3) is 16.9 Å². The molecule has 0 radical (unpaired) electrons. The topological polar surface area (TPSA) is 33.4 Å². The van der Waals surface area contributed by atoms with E-state index in [1.807, 2.05) is 35.7 Å². The first-order chi connectivity index (χ1) is 9.88. The fraction of sp³-hybridized carbons (Fsp3) is 0.0588. The highest BCUT2D eigenvalue weighted by atomic mass is 32.1. The summed E-state index contributed by atoms with van der Waals surface area (Å²) in [6.45, 7) is 0.0329. The van der Waals surface area contributed by atoms with Crippen molar-refractivity contribution < 1.29 is 9.52 Å². The maximum atomic E-state index is 9.21. The van der Waals surface area contributed by atoms with Crippen LogP contribution in [-0.4, -0.2) is 11.7 Å². The quantitative estimate of drug-likeness (QED) is 0.768. The first kappa shape index (κ1) is 12.9. The van der Waals surface area contributed by atoms with Crippen LogP contribution in [0, 0.1) is 0 Å². The number of hydrogen-bond donors (Lipinski definition) is 1. The third-order valence-electron chi connectivity index (χ3n) is 3.13. The van der Waals surface area contributed by atoms with Crippen molar-refractivity contribution in [3.05, 3.63) is 76.7 Å². The van der Waals surface area contributed by atoms with Gasteiger partial charge in [0.1, 0.15) is 5.76 Å². The van der Waals surface area contributed by atoms with E-state index in [1.165, 1.54) is 0 Å². The van der Waals surface area contributed by atoms with E-state index in [0.717, 1.165) is 28.0 Å². The van der Waals surface area contributed by atoms with Crippen LogP contribution in [0.15, 0.2) is 70.0 Å². The van der Waals surface area contributed by atoms with Crippen LogP contribution in [0.5, 0.6) is 0 Å². The predicted molar refractivity (Wildman–Crippen MR) is 82.6 cm³/mol. The van der Waals surface area contributed by atoms with Gasteiger partial charge in [-0.15, -0.1) is 0 Å². The molecule has 3 heteroatoms. The van der Waals surface area contributed by atoms with Crippen LogP contribution in [0.4, 0.5) is 0 Å². The average molecular weight is 282 g/mol. The Bertz CT molecular complexity index is 677. The zero-order valence-electron chi connectivity index (χ0n) is 10.8. The highest BCUT2D eigenvalue weighted by Crippen LogP contribution is 2.27. The summed E-state index contributed by atoms with van der Waals surface area (Å²) in [5.74, 6) is 0.861. The minimum Gasteiger partial charge on any atom is -0.464 e. The Labute approximate surface area is 121 Å². The van der Waals surface area contributed by atoms with E-state index >= 15 is 0 Å². The van der Waals surface area contributed by atoms with E-state index in [0.29, 0.717) is 0 Å². The lowest BCUT2D eigenvalue weighted by molar-refractivity contribution is 0.343. The summed E-state index contributed by atoms with van der Waals surface area (Å²) < 4.78 is 5.39. The van der Waals surface area contributed by atoms with E-state index in [2.05, 4.69) is 23.6 Å². The van der Waals surface area contributed by atoms with Gasteiger partial charge in [-0.2, -0.15) is 11.3 Å². The van der Waals surface area contributed by atoms with Gasteiger partial charge < -0.3 is 9.52 Å². The molecule has 2 aromatic heterocycles. The molecule has 0 bridgehead atoms. The van der Waals surface area contributed by atoms with Gasteiger partial charge in [0.15, 0.2) is 0 Å². The minimum atomic E-state index is 0.0329. The fourth-order valence-corrected chi connectivity index (χ4v) is 2.82. The number of thiophene rings is 1. The maximum absolute atomic E-state index is 9.21. The van der Waals surface area contributed by atoms with Crippen LogP contribution < -0.4 is 0 Å². The molecule has 3 aromatic rings. The summed E-state index contributed by atoms with van der Waals surface area (Å²) in [5.41, 5.74) is 4.33. The van der Waals surface area contributed by atoms with Gasteiger partial charge in [0, 0.05) is 5.56 Å². The lowest BCUT2D eigenvalue weighted by atomic mass is 9.98. The Balaban J connectivity index is 1.95. The smallest absolute Gasteiger partial charge is 0.133 e. The summed E-state index contributed by atoms with van der Waals surface area (Å²) in [6.07, 6.45) is 3.51. The maximum Gasteiger partial charge on any atom is 0.133 e. The van der Waals surface area contributed by atoms with Gasteiger partial charge in [-0.05, 0) is 45.7 Å². The third-order valence-corrected chi connectivity index (χ3v) is 3.81. The predicted octanol–water partition coefficient (Wildman–Crippen LogP) is 4.43. The van der Waals surface area contributed by atoms with Gasteiger partial charge in [0.05, 0.1) is 12.9 Å². The van der Waals surface area contributed by atoms with Crippen LogP contribution in [-0.2, 0) is 0 Å². The van der Waals surface area contributed by atoms with E-state index in [1.54, 1.807) is 17.6 Å². The van der Waals surface area contributed by atoms with E-state index in [9.17, 15) is 5.11 Å². The van der Waals surface area contributed by atoms with Crippen LogP contribution in [0.3, 0.4) is 0 Å². The second-order valence-corrected chi connectivity index (χ2v) is 5.15. The number of furan rings is 1. The Kier molecular flexibility index (Phi) is 3.81. The minimum absolute atomic E-state index is 0.0329. The summed E-state index contributed by atoms with van der Waals surface area (Å²) in [7, 11) is 0. The highest BCUT2D eigenvalue weighted by molar-refractivity contribution is 7.08. The molecule has 0 aliphatic carbocycles. The van der Waals surface area contributed by atoms with Crippen molar-refractivity contribution >= 4 is 16.9 Å². The molecule has 1 aromatic carbocycles. The van der Waals surface area contributed by atoms with Crippen LogP contribution >= 0.6 is 11.3 Å². The van der Waals surface area contributed by atoms with Gasteiger partial charge >= 0.3 is 0 Å². The molecule has 2 nitrogen and oxygen atoms in total. The summed E-state index contributed by atoms with van der Waals surface area (Å²) >= 11 is 1.65. The molecular weight excluding hydrogens is 268 g/mol.